The van der Waals surface area contributed by atoms with Crippen LogP contribution in [-0.2, 0) is 6.42 Å². The number of rotatable bonds is 4. The first kappa shape index (κ1) is 14.8. The Morgan fingerprint density at radius 3 is 2.70 bits per heavy atom. The molecule has 2 aromatic rings. The van der Waals surface area contributed by atoms with Gasteiger partial charge in [-0.25, -0.2) is 4.39 Å². The summed E-state index contributed by atoms with van der Waals surface area (Å²) in [6.07, 6.45) is 0.455. The van der Waals surface area contributed by atoms with E-state index in [-0.39, 0.29) is 5.82 Å². The van der Waals surface area contributed by atoms with E-state index in [1.807, 2.05) is 25.1 Å². The van der Waals surface area contributed by atoms with Gasteiger partial charge in [-0.3, -0.25) is 0 Å². The molecule has 2 nitrogen and oxygen atoms in total. The molecule has 4 heteroatoms. The molecule has 0 heterocycles. The molecule has 0 amide bonds. The van der Waals surface area contributed by atoms with Crippen molar-refractivity contribution in [3.8, 4) is 5.75 Å². The molecule has 1 atom stereocenters. The van der Waals surface area contributed by atoms with E-state index in [2.05, 4.69) is 0 Å². The maximum atomic E-state index is 14.0. The Morgan fingerprint density at radius 2 is 2.05 bits per heavy atom. The number of ether oxygens (including phenoxy) is 1. The average Bonchev–Trinajstić information content (AvgIpc) is 2.41. The van der Waals surface area contributed by atoms with Crippen LogP contribution in [0, 0.1) is 12.7 Å². The molecule has 0 fully saturated rings. The molecule has 1 unspecified atom stereocenters. The zero-order valence-corrected chi connectivity index (χ0v) is 12.2. The summed E-state index contributed by atoms with van der Waals surface area (Å²) in [7, 11) is 1.50. The summed E-state index contributed by atoms with van der Waals surface area (Å²) in [5.74, 6) is 0.0980. The van der Waals surface area contributed by atoms with Gasteiger partial charge in [0.25, 0.3) is 0 Å². The van der Waals surface area contributed by atoms with Gasteiger partial charge in [-0.15, -0.1) is 0 Å². The Balaban J connectivity index is 2.30. The highest BCUT2D eigenvalue weighted by Crippen LogP contribution is 2.30. The van der Waals surface area contributed by atoms with E-state index >= 15 is 0 Å². The Morgan fingerprint density at radius 1 is 1.30 bits per heavy atom. The predicted octanol–water partition coefficient (Wildman–Crippen LogP) is 4.04. The Labute approximate surface area is 123 Å². The lowest BCUT2D eigenvalue weighted by atomic mass is 9.97. The van der Waals surface area contributed by atoms with E-state index in [0.717, 1.165) is 11.1 Å². The van der Waals surface area contributed by atoms with Crippen molar-refractivity contribution in [2.75, 3.05) is 7.11 Å². The van der Waals surface area contributed by atoms with Crippen LogP contribution in [0.25, 0.3) is 0 Å². The highest BCUT2D eigenvalue weighted by atomic mass is 35.5. The fourth-order valence-corrected chi connectivity index (χ4v) is 2.52. The minimum atomic E-state index is -0.508. The standard InChI is InChI=1S/C16H17ClFNO/c1-10-6-7-11(12(17)8-10)9-14(19)16-13(18)4-3-5-15(16)20-2/h3-8,14H,9,19H2,1-2H3. The summed E-state index contributed by atoms with van der Waals surface area (Å²) in [6.45, 7) is 1.97. The molecule has 0 radical (unpaired) electrons. The van der Waals surface area contributed by atoms with E-state index < -0.39 is 6.04 Å². The minimum Gasteiger partial charge on any atom is -0.496 e. The first-order valence-corrected chi connectivity index (χ1v) is 6.73. The molecule has 2 rings (SSSR count). The Kier molecular flexibility index (Phi) is 4.63. The number of nitrogens with two attached hydrogens (primary N) is 1. The fourth-order valence-electron chi connectivity index (χ4n) is 2.21. The molecule has 2 aromatic carbocycles. The number of aryl methyl sites for hydroxylation is 1. The van der Waals surface area contributed by atoms with Crippen LogP contribution in [0.1, 0.15) is 22.7 Å². The van der Waals surface area contributed by atoms with Crippen molar-refractivity contribution in [3.63, 3.8) is 0 Å². The van der Waals surface area contributed by atoms with Crippen LogP contribution in [0.5, 0.6) is 5.75 Å². The maximum absolute atomic E-state index is 14.0. The third-order valence-corrected chi connectivity index (χ3v) is 3.60. The molecule has 20 heavy (non-hydrogen) atoms. The maximum Gasteiger partial charge on any atom is 0.131 e. The molecule has 0 aliphatic rings. The van der Waals surface area contributed by atoms with Gasteiger partial charge in [0, 0.05) is 16.6 Å². The highest BCUT2D eigenvalue weighted by molar-refractivity contribution is 6.31. The van der Waals surface area contributed by atoms with Gasteiger partial charge in [0.15, 0.2) is 0 Å². The van der Waals surface area contributed by atoms with Gasteiger partial charge in [0.1, 0.15) is 11.6 Å². The lowest BCUT2D eigenvalue weighted by Crippen LogP contribution is -2.16. The third-order valence-electron chi connectivity index (χ3n) is 3.25. The van der Waals surface area contributed by atoms with Gasteiger partial charge in [0.05, 0.1) is 7.11 Å². The smallest absolute Gasteiger partial charge is 0.131 e. The molecule has 0 aliphatic heterocycles. The van der Waals surface area contributed by atoms with E-state index in [1.54, 1.807) is 12.1 Å². The van der Waals surface area contributed by atoms with Crippen molar-refractivity contribution in [1.29, 1.82) is 0 Å². The lowest BCUT2D eigenvalue weighted by Gasteiger charge is -2.17. The van der Waals surface area contributed by atoms with Crippen LogP contribution in [0.3, 0.4) is 0 Å². The monoisotopic (exact) mass is 293 g/mol. The minimum absolute atomic E-state index is 0.361. The molecule has 0 saturated heterocycles. The summed E-state index contributed by atoms with van der Waals surface area (Å²) >= 11 is 6.19. The van der Waals surface area contributed by atoms with Gasteiger partial charge >= 0.3 is 0 Å². The number of hydrogen-bond acceptors (Lipinski definition) is 2. The van der Waals surface area contributed by atoms with Crippen LogP contribution in [0.15, 0.2) is 36.4 Å². The molecule has 0 bridgehead atoms. The lowest BCUT2D eigenvalue weighted by molar-refractivity contribution is 0.399. The quantitative estimate of drug-likeness (QED) is 0.923. The fraction of sp³-hybridized carbons (Fsp3) is 0.250. The van der Waals surface area contributed by atoms with Crippen LogP contribution in [-0.4, -0.2) is 7.11 Å². The second-order valence-electron chi connectivity index (χ2n) is 4.76. The zero-order chi connectivity index (χ0) is 14.7. The van der Waals surface area contributed by atoms with E-state index in [9.17, 15) is 4.39 Å². The molecule has 0 saturated carbocycles. The molecular formula is C16H17ClFNO. The van der Waals surface area contributed by atoms with Crippen molar-refractivity contribution in [1.82, 2.24) is 0 Å². The number of methoxy groups -OCH3 is 1. The number of benzene rings is 2. The molecule has 106 valence electrons. The van der Waals surface area contributed by atoms with Gasteiger partial charge in [-0.2, -0.15) is 0 Å². The largest absolute Gasteiger partial charge is 0.496 e. The summed E-state index contributed by atoms with van der Waals surface area (Å²) in [5, 5.41) is 0.649. The van der Waals surface area contributed by atoms with Gasteiger partial charge in [0.2, 0.25) is 0 Å². The van der Waals surface area contributed by atoms with Crippen LogP contribution < -0.4 is 10.5 Å². The van der Waals surface area contributed by atoms with Crippen molar-refractivity contribution >= 4 is 11.6 Å². The molecule has 0 spiro atoms. The Hall–Kier alpha value is -1.58. The zero-order valence-electron chi connectivity index (χ0n) is 11.5. The van der Waals surface area contributed by atoms with Crippen LogP contribution in [0.4, 0.5) is 4.39 Å². The van der Waals surface area contributed by atoms with Gasteiger partial charge < -0.3 is 10.5 Å². The third kappa shape index (κ3) is 3.11. The second kappa shape index (κ2) is 6.25. The molecular weight excluding hydrogens is 277 g/mol. The topological polar surface area (TPSA) is 35.2 Å². The van der Waals surface area contributed by atoms with Crippen molar-refractivity contribution < 1.29 is 9.13 Å². The molecule has 0 aromatic heterocycles. The van der Waals surface area contributed by atoms with Crippen molar-refractivity contribution in [2.45, 2.75) is 19.4 Å². The Bertz CT molecular complexity index is 615. The summed E-state index contributed by atoms with van der Waals surface area (Å²) < 4.78 is 19.1. The first-order valence-electron chi connectivity index (χ1n) is 6.36. The van der Waals surface area contributed by atoms with E-state index in [1.165, 1.54) is 13.2 Å². The highest BCUT2D eigenvalue weighted by Gasteiger charge is 2.18. The van der Waals surface area contributed by atoms with Crippen molar-refractivity contribution in [2.24, 2.45) is 5.73 Å². The van der Waals surface area contributed by atoms with Crippen LogP contribution >= 0.6 is 11.6 Å². The summed E-state index contributed by atoms with van der Waals surface area (Å²) in [6, 6.07) is 9.94. The molecule has 2 N–H and O–H groups in total. The average molecular weight is 294 g/mol. The first-order chi connectivity index (χ1) is 9.52. The summed E-state index contributed by atoms with van der Waals surface area (Å²) in [5.41, 5.74) is 8.49. The van der Waals surface area contributed by atoms with E-state index in [0.29, 0.717) is 22.8 Å². The molecule has 0 aliphatic carbocycles. The summed E-state index contributed by atoms with van der Waals surface area (Å²) in [4.78, 5) is 0. The van der Waals surface area contributed by atoms with Gasteiger partial charge in [-0.05, 0) is 42.7 Å². The number of halogens is 2. The van der Waals surface area contributed by atoms with Crippen LogP contribution in [0.2, 0.25) is 5.02 Å². The van der Waals surface area contributed by atoms with Gasteiger partial charge in [-0.1, -0.05) is 29.8 Å². The second-order valence-corrected chi connectivity index (χ2v) is 5.17. The predicted molar refractivity (Wildman–Crippen MR) is 79.8 cm³/mol. The SMILES string of the molecule is COc1cccc(F)c1C(N)Cc1ccc(C)cc1Cl. The van der Waals surface area contributed by atoms with E-state index in [4.69, 9.17) is 22.1 Å². The number of hydrogen-bond donors (Lipinski definition) is 1. The van der Waals surface area contributed by atoms with Crippen molar-refractivity contribution in [3.05, 3.63) is 63.9 Å². The normalized spacial score (nSPS) is 12.2.